The van der Waals surface area contributed by atoms with Crippen molar-refractivity contribution in [3.05, 3.63) is 12.5 Å². The number of hydrogen-bond acceptors (Lipinski definition) is 2. The van der Waals surface area contributed by atoms with Gasteiger partial charge in [-0.15, -0.1) is 0 Å². The van der Waals surface area contributed by atoms with Crippen molar-refractivity contribution in [2.75, 3.05) is 14.2 Å². The fourth-order valence-corrected chi connectivity index (χ4v) is 0.102. The van der Waals surface area contributed by atoms with Gasteiger partial charge in [0.1, 0.15) is 0 Å². The second-order valence-electron chi connectivity index (χ2n) is 0.877. The molecular weight excluding hydrogens is 126 g/mol. The lowest BCUT2D eigenvalue weighted by Crippen LogP contribution is -2.04. The summed E-state index contributed by atoms with van der Waals surface area (Å²) in [5.41, 5.74) is 0. The second-order valence-corrected chi connectivity index (χ2v) is 0.877. The summed E-state index contributed by atoms with van der Waals surface area (Å²) in [6.45, 7) is 11.5. The third-order valence-electron chi connectivity index (χ3n) is 0.525. The molecule has 0 heterocycles. The Morgan fingerprint density at radius 2 is 1.50 bits per heavy atom. The average Bonchev–Trinajstić information content (AvgIpc) is 2.10. The minimum absolute atomic E-state index is 0.593. The molecule has 0 saturated heterocycles. The Morgan fingerprint density at radius 1 is 1.20 bits per heavy atom. The van der Waals surface area contributed by atoms with Gasteiger partial charge in [0.25, 0.3) is 0 Å². The zero-order valence-corrected chi connectivity index (χ0v) is 8.12. The van der Waals surface area contributed by atoms with E-state index in [0.717, 1.165) is 0 Å². The molecule has 0 aliphatic heterocycles. The first-order chi connectivity index (χ1) is 4.81. The molecule has 0 spiro atoms. The molecule has 1 N–H and O–H groups in total. The lowest BCUT2D eigenvalue weighted by molar-refractivity contribution is 0.270. The van der Waals surface area contributed by atoms with Gasteiger partial charge in [-0.05, 0) is 6.58 Å². The highest BCUT2D eigenvalue weighted by molar-refractivity contribution is 4.73. The van der Waals surface area contributed by atoms with Crippen molar-refractivity contribution < 1.29 is 4.74 Å². The minimum Gasteiger partial charge on any atom is -0.483 e. The molecule has 2 nitrogen and oxygen atoms in total. The Balaban J connectivity index is -0.000000105. The lowest BCUT2D eigenvalue weighted by Gasteiger charge is -1.97. The molecule has 0 amide bonds. The summed E-state index contributed by atoms with van der Waals surface area (Å²) in [6.07, 6.45) is 0. The predicted octanol–water partition coefficient (Wildman–Crippen LogP) is 2.38. The van der Waals surface area contributed by atoms with Gasteiger partial charge in [-0.25, -0.2) is 0 Å². The van der Waals surface area contributed by atoms with E-state index in [2.05, 4.69) is 16.6 Å². The van der Waals surface area contributed by atoms with Gasteiger partial charge in [0.05, 0.1) is 7.11 Å². The monoisotopic (exact) mass is 147 g/mol. The Bertz CT molecular complexity index is 47.2. The van der Waals surface area contributed by atoms with E-state index in [4.69, 9.17) is 0 Å². The quantitative estimate of drug-likeness (QED) is 0.605. The van der Waals surface area contributed by atoms with Crippen LogP contribution in [0.3, 0.4) is 0 Å². The van der Waals surface area contributed by atoms with Crippen molar-refractivity contribution >= 4 is 0 Å². The van der Waals surface area contributed by atoms with Crippen LogP contribution in [-0.4, -0.2) is 14.2 Å². The summed E-state index contributed by atoms with van der Waals surface area (Å²) in [7, 11) is 3.32. The van der Waals surface area contributed by atoms with Crippen LogP contribution in [0, 0.1) is 0 Å². The van der Waals surface area contributed by atoms with Crippen LogP contribution in [0.5, 0.6) is 0 Å². The fourth-order valence-electron chi connectivity index (χ4n) is 0.102. The first-order valence-electron chi connectivity index (χ1n) is 3.72. The van der Waals surface area contributed by atoms with E-state index in [0.29, 0.717) is 5.88 Å². The SMILES string of the molecule is C=C(NC)OC.CC.CC. The topological polar surface area (TPSA) is 21.3 Å². The number of ether oxygens (including phenoxy) is 1. The molecule has 0 unspecified atom stereocenters. The predicted molar refractivity (Wildman–Crippen MR) is 47.9 cm³/mol. The number of methoxy groups -OCH3 is 1. The highest BCUT2D eigenvalue weighted by Gasteiger charge is 1.74. The molecule has 0 radical (unpaired) electrons. The maximum absolute atomic E-state index is 4.59. The summed E-state index contributed by atoms with van der Waals surface area (Å²) in [4.78, 5) is 0. The Kier molecular flexibility index (Phi) is 38.6. The molecule has 0 fully saturated rings. The van der Waals surface area contributed by atoms with Crippen molar-refractivity contribution in [2.24, 2.45) is 0 Å². The van der Waals surface area contributed by atoms with Gasteiger partial charge in [-0.1, -0.05) is 27.7 Å². The van der Waals surface area contributed by atoms with Crippen molar-refractivity contribution in [3.8, 4) is 0 Å². The van der Waals surface area contributed by atoms with Crippen molar-refractivity contribution in [2.45, 2.75) is 27.7 Å². The molecule has 0 rings (SSSR count). The largest absolute Gasteiger partial charge is 0.483 e. The summed E-state index contributed by atoms with van der Waals surface area (Å²) in [5.74, 6) is 0.593. The van der Waals surface area contributed by atoms with Gasteiger partial charge >= 0.3 is 0 Å². The zero-order chi connectivity index (χ0) is 8.99. The van der Waals surface area contributed by atoms with Crippen LogP contribution >= 0.6 is 0 Å². The van der Waals surface area contributed by atoms with E-state index in [1.54, 1.807) is 14.2 Å². The van der Waals surface area contributed by atoms with E-state index in [1.165, 1.54) is 0 Å². The van der Waals surface area contributed by atoms with Crippen LogP contribution in [0.2, 0.25) is 0 Å². The number of rotatable bonds is 2. The molecule has 0 bridgehead atoms. The van der Waals surface area contributed by atoms with Crippen LogP contribution in [-0.2, 0) is 4.74 Å². The molecule has 10 heavy (non-hydrogen) atoms. The second kappa shape index (κ2) is 23.9. The zero-order valence-electron chi connectivity index (χ0n) is 8.12. The van der Waals surface area contributed by atoms with E-state index < -0.39 is 0 Å². The Morgan fingerprint density at radius 3 is 1.50 bits per heavy atom. The van der Waals surface area contributed by atoms with Crippen molar-refractivity contribution in [1.82, 2.24) is 5.32 Å². The molecule has 64 valence electrons. The van der Waals surface area contributed by atoms with Crippen LogP contribution in [0.25, 0.3) is 0 Å². The average molecular weight is 147 g/mol. The van der Waals surface area contributed by atoms with Crippen molar-refractivity contribution in [1.29, 1.82) is 0 Å². The first kappa shape index (κ1) is 16.2. The summed E-state index contributed by atoms with van der Waals surface area (Å²) >= 11 is 0. The van der Waals surface area contributed by atoms with Crippen LogP contribution in [0.15, 0.2) is 12.5 Å². The fraction of sp³-hybridized carbons (Fsp3) is 0.750. The molecule has 0 aromatic carbocycles. The lowest BCUT2D eigenvalue weighted by atomic mass is 10.9. The molecule has 2 heteroatoms. The summed E-state index contributed by atoms with van der Waals surface area (Å²) < 4.78 is 4.59. The Hall–Kier alpha value is -0.660. The molecule has 0 aliphatic carbocycles. The van der Waals surface area contributed by atoms with Gasteiger partial charge < -0.3 is 10.1 Å². The van der Waals surface area contributed by atoms with Gasteiger partial charge in [-0.2, -0.15) is 0 Å². The third-order valence-corrected chi connectivity index (χ3v) is 0.525. The smallest absolute Gasteiger partial charge is 0.178 e. The molecule has 0 saturated carbocycles. The highest BCUT2D eigenvalue weighted by Crippen LogP contribution is 1.75. The molecule has 0 aromatic heterocycles. The highest BCUT2D eigenvalue weighted by atomic mass is 16.5. The molecule has 0 atom stereocenters. The standard InChI is InChI=1S/C4H9NO.2C2H6/c1-4(5-2)6-3;2*1-2/h5H,1H2,2-3H3;2*1-2H3. The van der Waals surface area contributed by atoms with E-state index in [-0.39, 0.29) is 0 Å². The number of hydrogen-bond donors (Lipinski definition) is 1. The summed E-state index contributed by atoms with van der Waals surface area (Å²) in [5, 5.41) is 2.70. The van der Waals surface area contributed by atoms with Crippen LogP contribution in [0.4, 0.5) is 0 Å². The normalized spacial score (nSPS) is 5.40. The number of nitrogens with one attached hydrogen (secondary N) is 1. The Labute approximate surface area is 65.3 Å². The minimum atomic E-state index is 0.593. The van der Waals surface area contributed by atoms with Gasteiger partial charge in [0.15, 0.2) is 5.88 Å². The molecule has 0 aromatic rings. The summed E-state index contributed by atoms with van der Waals surface area (Å²) in [6, 6.07) is 0. The van der Waals surface area contributed by atoms with E-state index in [9.17, 15) is 0 Å². The maximum Gasteiger partial charge on any atom is 0.178 e. The van der Waals surface area contributed by atoms with Crippen molar-refractivity contribution in [3.63, 3.8) is 0 Å². The van der Waals surface area contributed by atoms with E-state index >= 15 is 0 Å². The molecular formula is C8H21NO. The van der Waals surface area contributed by atoms with Gasteiger partial charge in [-0.3, -0.25) is 0 Å². The third kappa shape index (κ3) is 26.4. The van der Waals surface area contributed by atoms with E-state index in [1.807, 2.05) is 27.7 Å². The van der Waals surface area contributed by atoms with Crippen LogP contribution in [0.1, 0.15) is 27.7 Å². The van der Waals surface area contributed by atoms with Crippen LogP contribution < -0.4 is 5.32 Å². The maximum atomic E-state index is 4.59. The first-order valence-corrected chi connectivity index (χ1v) is 3.72. The molecule has 0 aliphatic rings. The van der Waals surface area contributed by atoms with Gasteiger partial charge in [0.2, 0.25) is 0 Å². The van der Waals surface area contributed by atoms with Gasteiger partial charge in [0, 0.05) is 7.05 Å².